The van der Waals surface area contributed by atoms with E-state index in [0.717, 1.165) is 18.4 Å². The molecule has 2 rings (SSSR count). The second-order valence-corrected chi connectivity index (χ2v) is 7.91. The lowest BCUT2D eigenvalue weighted by Gasteiger charge is -2.25. The van der Waals surface area contributed by atoms with Gasteiger partial charge >= 0.3 is 0 Å². The second kappa shape index (κ2) is 6.16. The van der Waals surface area contributed by atoms with Crippen molar-refractivity contribution in [3.63, 3.8) is 0 Å². The third-order valence-electron chi connectivity index (χ3n) is 4.03. The van der Waals surface area contributed by atoms with Crippen LogP contribution in [0.4, 0.5) is 0 Å². The fraction of sp³-hybridized carbons (Fsp3) is 0.412. The minimum Gasteiger partial charge on any atom is -0.207 e. The lowest BCUT2D eigenvalue weighted by atomic mass is 9.83. The molecule has 1 heterocycles. The van der Waals surface area contributed by atoms with Gasteiger partial charge in [-0.15, -0.1) is 6.58 Å². The molecule has 0 N–H and O–H groups in total. The van der Waals surface area contributed by atoms with Gasteiger partial charge in [0.1, 0.15) is 0 Å². The van der Waals surface area contributed by atoms with Gasteiger partial charge in [-0.2, -0.15) is 4.31 Å². The Morgan fingerprint density at radius 2 is 2.00 bits per heavy atom. The van der Waals surface area contributed by atoms with Crippen LogP contribution >= 0.6 is 0 Å². The summed E-state index contributed by atoms with van der Waals surface area (Å²) in [6.45, 7) is 8.85. The Kier molecular flexibility index (Phi) is 4.69. The van der Waals surface area contributed by atoms with E-state index in [0.29, 0.717) is 18.0 Å². The van der Waals surface area contributed by atoms with Crippen LogP contribution in [0.15, 0.2) is 54.0 Å². The van der Waals surface area contributed by atoms with E-state index in [4.69, 9.17) is 0 Å². The van der Waals surface area contributed by atoms with Crippen LogP contribution in [0.25, 0.3) is 0 Å². The molecule has 0 radical (unpaired) electrons. The Morgan fingerprint density at radius 3 is 2.62 bits per heavy atom. The Bertz CT molecular complexity index is 631. The van der Waals surface area contributed by atoms with E-state index in [9.17, 15) is 8.42 Å². The normalized spacial score (nSPS) is 23.7. The van der Waals surface area contributed by atoms with Gasteiger partial charge < -0.3 is 0 Å². The lowest BCUT2D eigenvalue weighted by Crippen LogP contribution is -2.32. The monoisotopic (exact) mass is 305 g/mol. The van der Waals surface area contributed by atoms with Gasteiger partial charge in [-0.05, 0) is 37.3 Å². The number of aryl methyl sites for hydroxylation is 1. The smallest absolute Gasteiger partial charge is 0.207 e. The summed E-state index contributed by atoms with van der Waals surface area (Å²) in [6, 6.07) is 7.04. The van der Waals surface area contributed by atoms with Crippen molar-refractivity contribution in [2.24, 2.45) is 5.41 Å². The van der Waals surface area contributed by atoms with Gasteiger partial charge in [0.15, 0.2) is 0 Å². The quantitative estimate of drug-likeness (QED) is 0.798. The fourth-order valence-corrected chi connectivity index (χ4v) is 3.98. The molecule has 0 spiro atoms. The van der Waals surface area contributed by atoms with Gasteiger partial charge in [0.05, 0.1) is 4.90 Å². The molecule has 0 bridgehead atoms. The Balaban J connectivity index is 2.21. The highest BCUT2D eigenvalue weighted by Gasteiger charge is 2.29. The van der Waals surface area contributed by atoms with Gasteiger partial charge in [0.2, 0.25) is 10.0 Å². The molecular weight excluding hydrogens is 282 g/mol. The van der Waals surface area contributed by atoms with Crippen LogP contribution in [0.3, 0.4) is 0 Å². The molecule has 1 aromatic carbocycles. The van der Waals surface area contributed by atoms with Crippen molar-refractivity contribution in [2.75, 3.05) is 13.1 Å². The van der Waals surface area contributed by atoms with Crippen molar-refractivity contribution in [3.8, 4) is 0 Å². The molecule has 0 aliphatic carbocycles. The minimum absolute atomic E-state index is 0.000698. The van der Waals surface area contributed by atoms with Crippen LogP contribution in [0, 0.1) is 12.3 Å². The van der Waals surface area contributed by atoms with Crippen LogP contribution in [0.5, 0.6) is 0 Å². The molecule has 1 aliphatic heterocycles. The first-order valence-electron chi connectivity index (χ1n) is 7.23. The largest absolute Gasteiger partial charge is 0.243 e. The minimum atomic E-state index is -3.41. The number of hydrogen-bond donors (Lipinski definition) is 0. The van der Waals surface area contributed by atoms with E-state index in [1.165, 1.54) is 0 Å². The second-order valence-electron chi connectivity index (χ2n) is 5.98. The third-order valence-corrected chi connectivity index (χ3v) is 5.91. The number of allylic oxidation sites excluding steroid dienone is 2. The molecular formula is C17H23NO2S. The maximum Gasteiger partial charge on any atom is 0.243 e. The molecule has 1 aromatic rings. The van der Waals surface area contributed by atoms with Crippen molar-refractivity contribution >= 4 is 10.0 Å². The van der Waals surface area contributed by atoms with Crippen molar-refractivity contribution in [3.05, 3.63) is 54.6 Å². The van der Waals surface area contributed by atoms with Crippen LogP contribution < -0.4 is 0 Å². The highest BCUT2D eigenvalue weighted by Crippen LogP contribution is 2.31. The van der Waals surface area contributed by atoms with E-state index in [2.05, 4.69) is 19.6 Å². The molecule has 1 aliphatic rings. The first-order valence-corrected chi connectivity index (χ1v) is 8.67. The molecule has 114 valence electrons. The number of hydrogen-bond acceptors (Lipinski definition) is 2. The molecule has 0 saturated carbocycles. The highest BCUT2D eigenvalue weighted by molar-refractivity contribution is 7.89. The first-order chi connectivity index (χ1) is 9.87. The molecule has 0 aromatic heterocycles. The van der Waals surface area contributed by atoms with Gasteiger partial charge in [-0.3, -0.25) is 0 Å². The molecule has 1 unspecified atom stereocenters. The summed E-state index contributed by atoms with van der Waals surface area (Å²) in [5, 5.41) is 0. The van der Waals surface area contributed by atoms with Crippen LogP contribution in [0.2, 0.25) is 0 Å². The number of sulfonamides is 1. The zero-order valence-corrected chi connectivity index (χ0v) is 13.6. The average Bonchev–Trinajstić information content (AvgIpc) is 2.62. The highest BCUT2D eigenvalue weighted by atomic mass is 32.2. The van der Waals surface area contributed by atoms with Crippen molar-refractivity contribution in [1.82, 2.24) is 4.31 Å². The number of rotatable bonds is 4. The van der Waals surface area contributed by atoms with Crippen molar-refractivity contribution < 1.29 is 8.42 Å². The Labute approximate surface area is 128 Å². The maximum absolute atomic E-state index is 12.7. The van der Waals surface area contributed by atoms with E-state index in [1.54, 1.807) is 16.4 Å². The SMILES string of the molecule is C=CCC1(C)C=CCN(S(=O)(=O)c2ccc(C)cc2)CC1. The average molecular weight is 305 g/mol. The predicted molar refractivity (Wildman–Crippen MR) is 86.6 cm³/mol. The van der Waals surface area contributed by atoms with Crippen LogP contribution in [-0.2, 0) is 10.0 Å². The summed E-state index contributed by atoms with van der Waals surface area (Å²) in [6.07, 6.45) is 7.65. The zero-order valence-electron chi connectivity index (χ0n) is 12.7. The summed E-state index contributed by atoms with van der Waals surface area (Å²) in [5.41, 5.74) is 1.06. The maximum atomic E-state index is 12.7. The summed E-state index contributed by atoms with van der Waals surface area (Å²) < 4.78 is 26.9. The molecule has 21 heavy (non-hydrogen) atoms. The van der Waals surface area contributed by atoms with E-state index in [-0.39, 0.29) is 5.41 Å². The molecule has 0 saturated heterocycles. The summed E-state index contributed by atoms with van der Waals surface area (Å²) in [7, 11) is -3.41. The lowest BCUT2D eigenvalue weighted by molar-refractivity contribution is 0.349. The molecule has 0 amide bonds. The van der Waals surface area contributed by atoms with E-state index >= 15 is 0 Å². The fourth-order valence-electron chi connectivity index (χ4n) is 2.59. The summed E-state index contributed by atoms with van der Waals surface area (Å²) in [5.74, 6) is 0. The number of benzene rings is 1. The van der Waals surface area contributed by atoms with E-state index in [1.807, 2.05) is 31.2 Å². The van der Waals surface area contributed by atoms with Gasteiger partial charge in [-0.1, -0.05) is 42.8 Å². The molecule has 3 nitrogen and oxygen atoms in total. The van der Waals surface area contributed by atoms with Gasteiger partial charge in [0.25, 0.3) is 0 Å². The molecule has 0 fully saturated rings. The van der Waals surface area contributed by atoms with Crippen LogP contribution in [-0.4, -0.2) is 25.8 Å². The zero-order chi connectivity index (χ0) is 15.5. The Morgan fingerprint density at radius 1 is 1.33 bits per heavy atom. The van der Waals surface area contributed by atoms with Gasteiger partial charge in [0, 0.05) is 13.1 Å². The summed E-state index contributed by atoms with van der Waals surface area (Å²) in [4.78, 5) is 0.369. The Hall–Kier alpha value is -1.39. The third kappa shape index (κ3) is 3.63. The standard InChI is InChI=1S/C17H23NO2S/c1-4-10-17(3)11-5-13-18(14-12-17)21(19,20)16-8-6-15(2)7-9-16/h4-9,11H,1,10,12-14H2,2-3H3. The molecule has 4 heteroatoms. The van der Waals surface area contributed by atoms with Crippen molar-refractivity contribution in [1.29, 1.82) is 0 Å². The topological polar surface area (TPSA) is 37.4 Å². The van der Waals surface area contributed by atoms with Crippen LogP contribution in [0.1, 0.15) is 25.3 Å². The van der Waals surface area contributed by atoms with Crippen molar-refractivity contribution in [2.45, 2.75) is 31.6 Å². The predicted octanol–water partition coefficient (Wildman–Crippen LogP) is 3.53. The number of nitrogens with zero attached hydrogens (tertiary/aromatic N) is 1. The molecule has 1 atom stereocenters. The van der Waals surface area contributed by atoms with Gasteiger partial charge in [-0.25, -0.2) is 8.42 Å². The first kappa shape index (κ1) is 16.0. The van der Waals surface area contributed by atoms with E-state index < -0.39 is 10.0 Å². The summed E-state index contributed by atoms with van der Waals surface area (Å²) >= 11 is 0.